The molecule has 0 saturated carbocycles. The minimum absolute atomic E-state index is 0.245. The Morgan fingerprint density at radius 1 is 1.15 bits per heavy atom. The topological polar surface area (TPSA) is 53.5 Å². The molecule has 0 unspecified atom stereocenters. The number of hydrogen-bond donors (Lipinski definition) is 0. The summed E-state index contributed by atoms with van der Waals surface area (Å²) in [5, 5.41) is 0. The van der Waals surface area contributed by atoms with E-state index < -0.39 is 0 Å². The predicted molar refractivity (Wildman–Crippen MR) is 78.4 cm³/mol. The molecule has 0 atom stereocenters. The van der Waals surface area contributed by atoms with Crippen molar-refractivity contribution in [2.45, 2.75) is 6.42 Å². The van der Waals surface area contributed by atoms with Crippen molar-refractivity contribution in [3.8, 4) is 17.6 Å². The molecular formula is C14H15BrN2O3. The molecule has 0 fully saturated rings. The van der Waals surface area contributed by atoms with E-state index in [1.54, 1.807) is 20.4 Å². The molecule has 0 aliphatic rings. The number of nitrogens with zero attached hydrogens (tertiary/aromatic N) is 2. The first-order valence-electron chi connectivity index (χ1n) is 6.05. The van der Waals surface area contributed by atoms with Crippen LogP contribution in [0.2, 0.25) is 0 Å². The third-order valence-corrected chi connectivity index (χ3v) is 3.15. The van der Waals surface area contributed by atoms with E-state index in [-0.39, 0.29) is 6.01 Å². The average molecular weight is 339 g/mol. The van der Waals surface area contributed by atoms with Crippen molar-refractivity contribution in [1.82, 2.24) is 9.97 Å². The van der Waals surface area contributed by atoms with Crippen molar-refractivity contribution in [1.29, 1.82) is 0 Å². The number of benzene rings is 1. The van der Waals surface area contributed by atoms with Crippen LogP contribution in [0.4, 0.5) is 0 Å². The molecule has 2 rings (SSSR count). The number of rotatable bonds is 6. The van der Waals surface area contributed by atoms with Gasteiger partial charge in [-0.2, -0.15) is 4.98 Å². The summed E-state index contributed by atoms with van der Waals surface area (Å²) in [6.07, 6.45) is 2.47. The Kier molecular flexibility index (Phi) is 5.31. The van der Waals surface area contributed by atoms with Gasteiger partial charge < -0.3 is 14.2 Å². The molecule has 0 aliphatic heterocycles. The molecule has 0 aliphatic carbocycles. The van der Waals surface area contributed by atoms with Gasteiger partial charge in [-0.25, -0.2) is 4.98 Å². The van der Waals surface area contributed by atoms with E-state index in [2.05, 4.69) is 25.9 Å². The number of hydrogen-bond acceptors (Lipinski definition) is 5. The molecule has 0 N–H and O–H groups in total. The van der Waals surface area contributed by atoms with Crippen LogP contribution in [0.25, 0.3) is 0 Å². The molecule has 6 heteroatoms. The lowest BCUT2D eigenvalue weighted by Crippen LogP contribution is -1.96. The van der Waals surface area contributed by atoms with Gasteiger partial charge in [-0.1, -0.05) is 12.1 Å². The van der Waals surface area contributed by atoms with E-state index in [1.807, 2.05) is 24.3 Å². The lowest BCUT2D eigenvalue weighted by Gasteiger charge is -2.07. The average Bonchev–Trinajstić information content (AvgIpc) is 2.48. The van der Waals surface area contributed by atoms with Crippen molar-refractivity contribution in [2.75, 3.05) is 20.8 Å². The third-order valence-electron chi connectivity index (χ3n) is 2.61. The molecule has 0 radical (unpaired) electrons. The number of ether oxygens (including phenoxy) is 3. The van der Waals surface area contributed by atoms with Gasteiger partial charge in [-0.3, -0.25) is 0 Å². The minimum atomic E-state index is 0.245. The Morgan fingerprint density at radius 2 is 1.90 bits per heavy atom. The monoisotopic (exact) mass is 338 g/mol. The van der Waals surface area contributed by atoms with Gasteiger partial charge in [-0.05, 0) is 40.0 Å². The summed E-state index contributed by atoms with van der Waals surface area (Å²) in [5.74, 6) is 1.11. The zero-order valence-electron chi connectivity index (χ0n) is 11.3. The molecule has 0 amide bonds. The molecule has 1 aromatic heterocycles. The van der Waals surface area contributed by atoms with Crippen LogP contribution in [0.15, 0.2) is 34.9 Å². The van der Waals surface area contributed by atoms with Crippen LogP contribution in [0.3, 0.4) is 0 Å². The Morgan fingerprint density at radius 3 is 2.55 bits per heavy atom. The van der Waals surface area contributed by atoms with E-state index in [4.69, 9.17) is 14.2 Å². The van der Waals surface area contributed by atoms with Crippen LogP contribution >= 0.6 is 15.9 Å². The molecule has 1 heterocycles. The van der Waals surface area contributed by atoms with E-state index in [0.717, 1.165) is 6.42 Å². The second-order valence-electron chi connectivity index (χ2n) is 4.00. The highest BCUT2D eigenvalue weighted by atomic mass is 79.9. The zero-order chi connectivity index (χ0) is 14.4. The van der Waals surface area contributed by atoms with Crippen LogP contribution in [0.5, 0.6) is 17.6 Å². The van der Waals surface area contributed by atoms with Crippen molar-refractivity contribution < 1.29 is 14.2 Å². The summed E-state index contributed by atoms with van der Waals surface area (Å²) >= 11 is 3.29. The lowest BCUT2D eigenvalue weighted by atomic mass is 10.1. The molecule has 5 nitrogen and oxygen atoms in total. The predicted octanol–water partition coefficient (Wildman–Crippen LogP) is 3.23. The van der Waals surface area contributed by atoms with E-state index in [1.165, 1.54) is 5.56 Å². The van der Waals surface area contributed by atoms with Gasteiger partial charge >= 0.3 is 6.01 Å². The maximum atomic E-state index is 5.58. The normalized spacial score (nSPS) is 10.3. The van der Waals surface area contributed by atoms with Crippen molar-refractivity contribution in [2.24, 2.45) is 0 Å². The number of methoxy groups -OCH3 is 2. The van der Waals surface area contributed by atoms with Gasteiger partial charge in [0, 0.05) is 7.11 Å². The van der Waals surface area contributed by atoms with Crippen LogP contribution < -0.4 is 9.47 Å². The molecular weight excluding hydrogens is 324 g/mol. The number of aromatic nitrogens is 2. The van der Waals surface area contributed by atoms with Gasteiger partial charge in [0.15, 0.2) is 0 Å². The van der Waals surface area contributed by atoms with Crippen molar-refractivity contribution in [3.63, 3.8) is 0 Å². The molecule has 106 valence electrons. The summed E-state index contributed by atoms with van der Waals surface area (Å²) < 4.78 is 16.4. The van der Waals surface area contributed by atoms with Gasteiger partial charge in [0.05, 0.1) is 24.4 Å². The van der Waals surface area contributed by atoms with Gasteiger partial charge in [0.2, 0.25) is 5.88 Å². The Labute approximate surface area is 126 Å². The fourth-order valence-corrected chi connectivity index (χ4v) is 1.93. The first kappa shape index (κ1) is 14.7. The number of halogens is 1. The van der Waals surface area contributed by atoms with Gasteiger partial charge in [-0.15, -0.1) is 0 Å². The first-order valence-corrected chi connectivity index (χ1v) is 6.84. The largest absolute Gasteiger partial charge is 0.480 e. The summed E-state index contributed by atoms with van der Waals surface area (Å²) in [7, 11) is 3.23. The van der Waals surface area contributed by atoms with Crippen molar-refractivity contribution >= 4 is 15.9 Å². The standard InChI is InChI=1S/C14H15BrN2O3/c1-18-8-7-10-3-5-11(6-4-10)20-14-16-9-12(15)13(17-14)19-2/h3-6,9H,7-8H2,1-2H3. The second kappa shape index (κ2) is 7.21. The highest BCUT2D eigenvalue weighted by molar-refractivity contribution is 9.10. The molecule has 1 aromatic carbocycles. The molecule has 0 spiro atoms. The molecule has 20 heavy (non-hydrogen) atoms. The summed E-state index contributed by atoms with van der Waals surface area (Å²) in [6, 6.07) is 7.98. The van der Waals surface area contributed by atoms with E-state index in [9.17, 15) is 0 Å². The third kappa shape index (κ3) is 3.91. The molecule has 0 saturated heterocycles. The minimum Gasteiger partial charge on any atom is -0.480 e. The van der Waals surface area contributed by atoms with E-state index in [0.29, 0.717) is 22.7 Å². The van der Waals surface area contributed by atoms with E-state index >= 15 is 0 Å². The van der Waals surface area contributed by atoms with Crippen LogP contribution in [-0.4, -0.2) is 30.8 Å². The maximum Gasteiger partial charge on any atom is 0.325 e. The summed E-state index contributed by atoms with van der Waals surface area (Å²) in [6.45, 7) is 0.702. The Bertz CT molecular complexity index is 561. The summed E-state index contributed by atoms with van der Waals surface area (Å²) in [4.78, 5) is 8.21. The first-order chi connectivity index (χ1) is 9.72. The zero-order valence-corrected chi connectivity index (χ0v) is 12.9. The second-order valence-corrected chi connectivity index (χ2v) is 4.85. The Hall–Kier alpha value is -1.66. The highest BCUT2D eigenvalue weighted by Crippen LogP contribution is 2.25. The van der Waals surface area contributed by atoms with Crippen LogP contribution in [-0.2, 0) is 11.2 Å². The maximum absolute atomic E-state index is 5.58. The smallest absolute Gasteiger partial charge is 0.325 e. The van der Waals surface area contributed by atoms with Crippen molar-refractivity contribution in [3.05, 3.63) is 40.5 Å². The van der Waals surface area contributed by atoms with Gasteiger partial charge in [0.1, 0.15) is 5.75 Å². The quantitative estimate of drug-likeness (QED) is 0.809. The van der Waals surface area contributed by atoms with Crippen LogP contribution in [0.1, 0.15) is 5.56 Å². The van der Waals surface area contributed by atoms with Gasteiger partial charge in [0.25, 0.3) is 0 Å². The molecule has 0 bridgehead atoms. The highest BCUT2D eigenvalue weighted by Gasteiger charge is 2.07. The lowest BCUT2D eigenvalue weighted by molar-refractivity contribution is 0.202. The summed E-state index contributed by atoms with van der Waals surface area (Å²) in [5.41, 5.74) is 1.19. The SMILES string of the molecule is COCCc1ccc(Oc2ncc(Br)c(OC)n2)cc1. The fourth-order valence-electron chi connectivity index (χ4n) is 1.58. The fraction of sp³-hybridized carbons (Fsp3) is 0.286. The Balaban J connectivity index is 2.06. The van der Waals surface area contributed by atoms with Crippen LogP contribution in [0, 0.1) is 0 Å². The molecule has 2 aromatic rings.